The van der Waals surface area contributed by atoms with Crippen molar-refractivity contribution in [1.29, 1.82) is 0 Å². The number of amides is 1. The maximum absolute atomic E-state index is 14.7. The average molecular weight is 587 g/mol. The summed E-state index contributed by atoms with van der Waals surface area (Å²) in [6.07, 6.45) is 5.47. The fraction of sp³-hybridized carbons (Fsp3) is 0.882. The number of fused-ring (bicyclic) bond motifs is 2. The second-order valence-corrected chi connectivity index (χ2v) is 16.0. The summed E-state index contributed by atoms with van der Waals surface area (Å²) in [5.41, 5.74) is -1.44. The van der Waals surface area contributed by atoms with Crippen LogP contribution in [0.4, 0.5) is 0 Å². The minimum Gasteiger partial charge on any atom is -0.465 e. The monoisotopic (exact) mass is 586 g/mol. The highest BCUT2D eigenvalue weighted by Gasteiger charge is 2.86. The maximum atomic E-state index is 14.7. The van der Waals surface area contributed by atoms with Gasteiger partial charge in [-0.2, -0.15) is 0 Å². The predicted molar refractivity (Wildman–Crippen MR) is 159 cm³/mol. The van der Waals surface area contributed by atoms with Crippen molar-refractivity contribution in [2.24, 2.45) is 50.7 Å². The molecular formula is C34H54N2O6. The Labute approximate surface area is 252 Å². The predicted octanol–water partition coefficient (Wildman–Crippen LogP) is 4.78. The summed E-state index contributed by atoms with van der Waals surface area (Å²) in [7, 11) is 4.14. The molecule has 1 unspecified atom stereocenters. The molecular weight excluding hydrogens is 532 g/mol. The molecule has 5 saturated carbocycles. The van der Waals surface area contributed by atoms with Crippen molar-refractivity contribution in [1.82, 2.24) is 10.2 Å². The van der Waals surface area contributed by atoms with Crippen LogP contribution in [0.2, 0.25) is 0 Å². The van der Waals surface area contributed by atoms with Crippen LogP contribution in [0, 0.1) is 50.7 Å². The fourth-order valence-corrected chi connectivity index (χ4v) is 11.5. The van der Waals surface area contributed by atoms with Crippen LogP contribution in [0.3, 0.4) is 0 Å². The molecule has 42 heavy (non-hydrogen) atoms. The number of esters is 2. The number of nitrogens with zero attached hydrogens (tertiary/aromatic N) is 1. The molecule has 5 aliphatic rings. The quantitative estimate of drug-likeness (QED) is 0.429. The Morgan fingerprint density at radius 1 is 0.976 bits per heavy atom. The molecule has 0 aromatic carbocycles. The maximum Gasteiger partial charge on any atom is 0.302 e. The first-order valence-corrected chi connectivity index (χ1v) is 16.2. The van der Waals surface area contributed by atoms with Crippen LogP contribution in [0.1, 0.15) is 100 Å². The third-order valence-corrected chi connectivity index (χ3v) is 13.8. The van der Waals surface area contributed by atoms with E-state index >= 15 is 0 Å². The van der Waals surface area contributed by atoms with Crippen LogP contribution >= 0.6 is 0 Å². The highest BCUT2D eigenvalue weighted by Crippen LogP contribution is 2.88. The van der Waals surface area contributed by atoms with Gasteiger partial charge in [0.05, 0.1) is 6.61 Å². The second-order valence-electron chi connectivity index (χ2n) is 16.0. The molecule has 11 atom stereocenters. The summed E-state index contributed by atoms with van der Waals surface area (Å²) in [5.74, 6) is 0.147. The lowest BCUT2D eigenvalue weighted by atomic mass is 9.41. The minimum absolute atomic E-state index is 0.0183. The molecule has 5 aliphatic carbocycles. The van der Waals surface area contributed by atoms with Gasteiger partial charge >= 0.3 is 11.9 Å². The molecule has 0 heterocycles. The Hall–Kier alpha value is -1.96. The summed E-state index contributed by atoms with van der Waals surface area (Å²) in [6, 6.07) is 0.0424. The highest BCUT2D eigenvalue weighted by atomic mass is 16.5. The lowest BCUT2D eigenvalue weighted by Gasteiger charge is -2.62. The van der Waals surface area contributed by atoms with Gasteiger partial charge in [-0.25, -0.2) is 0 Å². The number of Topliss-reactive ketones (excluding diaryl/α,β-unsaturated/α-hetero) is 1. The van der Waals surface area contributed by atoms with Crippen molar-refractivity contribution < 1.29 is 28.7 Å². The van der Waals surface area contributed by atoms with Crippen LogP contribution in [0.5, 0.6) is 0 Å². The number of carbonyl (C=O) groups is 4. The van der Waals surface area contributed by atoms with E-state index in [0.29, 0.717) is 12.2 Å². The molecule has 5 rings (SSSR count). The van der Waals surface area contributed by atoms with Crippen LogP contribution in [0.25, 0.3) is 0 Å². The van der Waals surface area contributed by atoms with Crippen molar-refractivity contribution in [2.45, 2.75) is 119 Å². The Morgan fingerprint density at radius 3 is 2.19 bits per heavy atom. The van der Waals surface area contributed by atoms with E-state index in [9.17, 15) is 19.2 Å². The molecule has 2 spiro atoms. The first-order valence-electron chi connectivity index (χ1n) is 16.2. The van der Waals surface area contributed by atoms with E-state index in [1.54, 1.807) is 0 Å². The lowest BCUT2D eigenvalue weighted by molar-refractivity contribution is -0.177. The molecule has 0 saturated heterocycles. The average Bonchev–Trinajstić information content (AvgIpc) is 3.52. The Morgan fingerprint density at radius 2 is 1.62 bits per heavy atom. The Bertz CT molecular complexity index is 1170. The van der Waals surface area contributed by atoms with Gasteiger partial charge < -0.3 is 19.7 Å². The fourth-order valence-electron chi connectivity index (χ4n) is 11.5. The minimum atomic E-state index is -0.456. The van der Waals surface area contributed by atoms with Crippen LogP contribution in [-0.2, 0) is 28.7 Å². The van der Waals surface area contributed by atoms with E-state index in [4.69, 9.17) is 9.47 Å². The molecule has 0 aromatic rings. The number of rotatable bonds is 7. The van der Waals surface area contributed by atoms with E-state index in [1.807, 2.05) is 13.8 Å². The molecule has 0 radical (unpaired) electrons. The van der Waals surface area contributed by atoms with E-state index in [-0.39, 0.29) is 82.6 Å². The normalized spacial score (nSPS) is 46.2. The van der Waals surface area contributed by atoms with Gasteiger partial charge in [-0.05, 0) is 87.6 Å². The summed E-state index contributed by atoms with van der Waals surface area (Å²) in [4.78, 5) is 54.2. The number of carbonyl (C=O) groups excluding carboxylic acids is 4. The van der Waals surface area contributed by atoms with Gasteiger partial charge in [-0.3, -0.25) is 19.2 Å². The van der Waals surface area contributed by atoms with Crippen molar-refractivity contribution in [3.8, 4) is 0 Å². The topological polar surface area (TPSA) is 102 Å². The summed E-state index contributed by atoms with van der Waals surface area (Å²) >= 11 is 0. The molecule has 1 amide bonds. The van der Waals surface area contributed by atoms with Crippen molar-refractivity contribution in [3.05, 3.63) is 0 Å². The van der Waals surface area contributed by atoms with Crippen LogP contribution in [-0.4, -0.2) is 67.4 Å². The van der Waals surface area contributed by atoms with E-state index in [2.05, 4.69) is 52.0 Å². The molecule has 236 valence electrons. The molecule has 0 aliphatic heterocycles. The standard InChI is InChI=1S/C34H54N2O6/c1-19(2)29(40)35-26-13-14-33-17-34(33)25(12-11-24(33)30(26,6)18-41-21(4)37)31(7)15-23(42-22(5)38)28(20(3)36(9)10)32(31,8)16-27(34)39/h19-20,23-26,28H,11-18H2,1-10H3,(H,35,40)/t20-,23+,24-,25-,26-,28-,30-,31-,32+,33?,34-/m0/s1. The van der Waals surface area contributed by atoms with Gasteiger partial charge in [0.1, 0.15) is 11.9 Å². The number of nitrogens with one attached hydrogen (secondary N) is 1. The Kier molecular flexibility index (Phi) is 7.52. The van der Waals surface area contributed by atoms with Gasteiger partial charge in [0.25, 0.3) is 0 Å². The third kappa shape index (κ3) is 4.08. The van der Waals surface area contributed by atoms with E-state index < -0.39 is 10.8 Å². The molecule has 1 N–H and O–H groups in total. The van der Waals surface area contributed by atoms with Crippen molar-refractivity contribution in [3.63, 3.8) is 0 Å². The molecule has 0 bridgehead atoms. The van der Waals surface area contributed by atoms with Crippen molar-refractivity contribution >= 4 is 23.6 Å². The highest BCUT2D eigenvalue weighted by molar-refractivity contribution is 5.92. The third-order valence-electron chi connectivity index (χ3n) is 13.8. The Balaban J connectivity index is 1.54. The van der Waals surface area contributed by atoms with Crippen LogP contribution < -0.4 is 5.32 Å². The summed E-state index contributed by atoms with van der Waals surface area (Å²) in [6.45, 7) is 16.1. The zero-order chi connectivity index (χ0) is 31.2. The first-order chi connectivity index (χ1) is 19.4. The summed E-state index contributed by atoms with van der Waals surface area (Å²) < 4.78 is 11.8. The van der Waals surface area contributed by atoms with Gasteiger partial charge in [0.2, 0.25) is 5.91 Å². The number of ether oxygens (including phenoxy) is 2. The zero-order valence-corrected chi connectivity index (χ0v) is 27.6. The smallest absolute Gasteiger partial charge is 0.302 e. The SMILES string of the molecule is CC(=O)OC[C@]1(C)[C@@H](NC(=O)C(C)C)CCC23C[C@]24C(=O)C[C@]2(C)[C@@H]([C@H](C)N(C)C)[C@H](OC(C)=O)C[C@@]2(C)[C@@H]4CC[C@H]31. The summed E-state index contributed by atoms with van der Waals surface area (Å²) in [5, 5.41) is 3.32. The zero-order valence-electron chi connectivity index (χ0n) is 27.6. The number of hydrogen-bond donors (Lipinski definition) is 1. The van der Waals surface area contributed by atoms with Gasteiger partial charge in [0, 0.05) is 55.0 Å². The molecule has 8 heteroatoms. The largest absolute Gasteiger partial charge is 0.465 e. The molecule has 0 aromatic heterocycles. The second kappa shape index (κ2) is 10.0. The van der Waals surface area contributed by atoms with Gasteiger partial charge in [-0.15, -0.1) is 0 Å². The van der Waals surface area contributed by atoms with Crippen molar-refractivity contribution in [2.75, 3.05) is 20.7 Å². The van der Waals surface area contributed by atoms with E-state index in [0.717, 1.165) is 38.5 Å². The van der Waals surface area contributed by atoms with Crippen LogP contribution in [0.15, 0.2) is 0 Å². The van der Waals surface area contributed by atoms with E-state index in [1.165, 1.54) is 13.8 Å². The van der Waals surface area contributed by atoms with Gasteiger partial charge in [-0.1, -0.05) is 34.6 Å². The number of ketones is 1. The lowest BCUT2D eigenvalue weighted by Crippen LogP contribution is -2.64. The molecule has 8 nitrogen and oxygen atoms in total. The van der Waals surface area contributed by atoms with Gasteiger partial charge in [0.15, 0.2) is 0 Å². The molecule has 5 fully saturated rings. The number of hydrogen-bond acceptors (Lipinski definition) is 7. The first kappa shape index (κ1) is 31.5.